The molecule has 0 bridgehead atoms. The van der Waals surface area contributed by atoms with Crippen LogP contribution in [-0.2, 0) is 6.42 Å². The van der Waals surface area contributed by atoms with Gasteiger partial charge in [0.25, 0.3) is 5.91 Å². The minimum atomic E-state index is -0.126. The second-order valence-corrected chi connectivity index (χ2v) is 6.71. The van der Waals surface area contributed by atoms with Gasteiger partial charge in [0, 0.05) is 23.1 Å². The number of nitrogens with zero attached hydrogens (tertiary/aromatic N) is 2. The van der Waals surface area contributed by atoms with Gasteiger partial charge < -0.3 is 5.32 Å². The molecule has 3 aromatic rings. The van der Waals surface area contributed by atoms with Crippen molar-refractivity contribution in [3.05, 3.63) is 75.6 Å². The fourth-order valence-electron chi connectivity index (χ4n) is 2.46. The third-order valence-electron chi connectivity index (χ3n) is 3.84. The van der Waals surface area contributed by atoms with Crippen LogP contribution in [0.4, 0.5) is 0 Å². The minimum absolute atomic E-state index is 0.126. The lowest BCUT2D eigenvalue weighted by Gasteiger charge is -2.06. The van der Waals surface area contributed by atoms with Crippen molar-refractivity contribution in [1.29, 1.82) is 5.26 Å². The monoisotopic (exact) mass is 347 g/mol. The molecule has 1 N–H and O–H groups in total. The van der Waals surface area contributed by atoms with Crippen molar-refractivity contribution in [3.8, 4) is 17.3 Å². The number of aromatic nitrogens is 1. The normalized spacial score (nSPS) is 10.2. The molecule has 2 aromatic carbocycles. The van der Waals surface area contributed by atoms with Gasteiger partial charge in [0.15, 0.2) is 0 Å². The Bertz CT molecular complexity index is 905. The largest absolute Gasteiger partial charge is 0.352 e. The number of rotatable bonds is 5. The Kier molecular flexibility index (Phi) is 5.22. The van der Waals surface area contributed by atoms with Crippen LogP contribution in [0.25, 0.3) is 11.3 Å². The lowest BCUT2D eigenvalue weighted by Crippen LogP contribution is -2.25. The standard InChI is InChI=1S/C20H17N3OS/c1-14-23-19(13-25-14)17-6-2-15(3-7-17)10-11-22-20(24)18-8-4-16(12-21)5-9-18/h2-9,13H,10-11H2,1H3,(H,22,24). The van der Waals surface area contributed by atoms with E-state index in [0.717, 1.165) is 28.2 Å². The second kappa shape index (κ2) is 7.73. The molecule has 3 rings (SSSR count). The van der Waals surface area contributed by atoms with Gasteiger partial charge in [0.1, 0.15) is 0 Å². The number of carbonyl (C=O) groups is 1. The summed E-state index contributed by atoms with van der Waals surface area (Å²) in [5.74, 6) is -0.126. The summed E-state index contributed by atoms with van der Waals surface area (Å²) in [5, 5.41) is 14.8. The summed E-state index contributed by atoms with van der Waals surface area (Å²) in [4.78, 5) is 16.6. The van der Waals surface area contributed by atoms with E-state index in [9.17, 15) is 4.79 Å². The third kappa shape index (κ3) is 4.31. The Morgan fingerprint density at radius 3 is 2.48 bits per heavy atom. The Morgan fingerprint density at radius 1 is 1.16 bits per heavy atom. The lowest BCUT2D eigenvalue weighted by molar-refractivity contribution is 0.0954. The molecule has 0 saturated heterocycles. The first kappa shape index (κ1) is 16.9. The highest BCUT2D eigenvalue weighted by atomic mass is 32.1. The molecule has 0 radical (unpaired) electrons. The molecule has 124 valence electrons. The number of aryl methyl sites for hydroxylation is 1. The molecule has 25 heavy (non-hydrogen) atoms. The fourth-order valence-corrected chi connectivity index (χ4v) is 3.08. The van der Waals surface area contributed by atoms with Gasteiger partial charge in [-0.15, -0.1) is 11.3 Å². The summed E-state index contributed by atoms with van der Waals surface area (Å²) in [6.07, 6.45) is 0.762. The van der Waals surface area contributed by atoms with E-state index in [1.165, 1.54) is 0 Å². The number of hydrogen-bond acceptors (Lipinski definition) is 4. The Balaban J connectivity index is 1.53. The molecule has 0 atom stereocenters. The van der Waals surface area contributed by atoms with Crippen molar-refractivity contribution >= 4 is 17.2 Å². The van der Waals surface area contributed by atoms with Gasteiger partial charge in [0.2, 0.25) is 0 Å². The number of thiazole rings is 1. The van der Waals surface area contributed by atoms with Crippen LogP contribution in [0.2, 0.25) is 0 Å². The predicted molar refractivity (Wildman–Crippen MR) is 99.5 cm³/mol. The highest BCUT2D eigenvalue weighted by Crippen LogP contribution is 2.21. The van der Waals surface area contributed by atoms with Gasteiger partial charge in [-0.1, -0.05) is 24.3 Å². The van der Waals surface area contributed by atoms with E-state index in [4.69, 9.17) is 5.26 Å². The summed E-state index contributed by atoms with van der Waals surface area (Å²) in [7, 11) is 0. The van der Waals surface area contributed by atoms with E-state index >= 15 is 0 Å². The molecule has 1 heterocycles. The number of nitriles is 1. The quantitative estimate of drug-likeness (QED) is 0.759. The maximum Gasteiger partial charge on any atom is 0.251 e. The molecule has 0 aliphatic rings. The lowest BCUT2D eigenvalue weighted by atomic mass is 10.1. The summed E-state index contributed by atoms with van der Waals surface area (Å²) in [6.45, 7) is 2.56. The number of benzene rings is 2. The molecule has 0 spiro atoms. The second-order valence-electron chi connectivity index (χ2n) is 5.64. The van der Waals surface area contributed by atoms with Crippen LogP contribution in [0, 0.1) is 18.3 Å². The molecular weight excluding hydrogens is 330 g/mol. The van der Waals surface area contributed by atoms with E-state index in [1.807, 2.05) is 13.0 Å². The number of hydrogen-bond donors (Lipinski definition) is 1. The smallest absolute Gasteiger partial charge is 0.251 e. The average Bonchev–Trinajstić information content (AvgIpc) is 3.08. The van der Waals surface area contributed by atoms with Crippen molar-refractivity contribution in [2.75, 3.05) is 6.54 Å². The summed E-state index contributed by atoms with van der Waals surface area (Å²) < 4.78 is 0. The van der Waals surface area contributed by atoms with E-state index in [0.29, 0.717) is 17.7 Å². The van der Waals surface area contributed by atoms with Gasteiger partial charge in [0.05, 0.1) is 22.3 Å². The summed E-state index contributed by atoms with van der Waals surface area (Å²) in [5.41, 5.74) is 4.38. The maximum atomic E-state index is 12.1. The molecule has 0 saturated carbocycles. The van der Waals surface area contributed by atoms with Crippen molar-refractivity contribution in [2.24, 2.45) is 0 Å². The zero-order valence-electron chi connectivity index (χ0n) is 13.8. The Morgan fingerprint density at radius 2 is 1.88 bits per heavy atom. The molecule has 4 nitrogen and oxygen atoms in total. The maximum absolute atomic E-state index is 12.1. The van der Waals surface area contributed by atoms with E-state index in [-0.39, 0.29) is 5.91 Å². The molecule has 0 aliphatic heterocycles. The van der Waals surface area contributed by atoms with Gasteiger partial charge in [-0.25, -0.2) is 4.98 Å². The molecule has 0 aliphatic carbocycles. The third-order valence-corrected chi connectivity index (χ3v) is 4.62. The zero-order valence-corrected chi connectivity index (χ0v) is 14.6. The van der Waals surface area contributed by atoms with Crippen LogP contribution in [0.5, 0.6) is 0 Å². The van der Waals surface area contributed by atoms with Crippen molar-refractivity contribution in [2.45, 2.75) is 13.3 Å². The molecule has 1 aromatic heterocycles. The van der Waals surface area contributed by atoms with E-state index in [1.54, 1.807) is 35.6 Å². The van der Waals surface area contributed by atoms with Crippen molar-refractivity contribution in [3.63, 3.8) is 0 Å². The Labute approximate surface area is 150 Å². The van der Waals surface area contributed by atoms with Crippen LogP contribution < -0.4 is 5.32 Å². The first-order valence-electron chi connectivity index (χ1n) is 7.95. The van der Waals surface area contributed by atoms with Crippen LogP contribution in [0.3, 0.4) is 0 Å². The zero-order chi connectivity index (χ0) is 17.6. The minimum Gasteiger partial charge on any atom is -0.352 e. The van der Waals surface area contributed by atoms with Gasteiger partial charge >= 0.3 is 0 Å². The van der Waals surface area contributed by atoms with E-state index < -0.39 is 0 Å². The molecule has 5 heteroatoms. The van der Waals surface area contributed by atoms with Gasteiger partial charge in [-0.05, 0) is 43.2 Å². The Hall–Kier alpha value is -2.97. The van der Waals surface area contributed by atoms with E-state index in [2.05, 4.69) is 39.9 Å². The fraction of sp³-hybridized carbons (Fsp3) is 0.150. The number of nitrogens with one attached hydrogen (secondary N) is 1. The number of amides is 1. The highest BCUT2D eigenvalue weighted by molar-refractivity contribution is 7.09. The average molecular weight is 347 g/mol. The first-order valence-corrected chi connectivity index (χ1v) is 8.83. The van der Waals surface area contributed by atoms with Gasteiger partial charge in [-0.3, -0.25) is 4.79 Å². The van der Waals surface area contributed by atoms with Crippen LogP contribution in [-0.4, -0.2) is 17.4 Å². The van der Waals surface area contributed by atoms with Crippen molar-refractivity contribution in [1.82, 2.24) is 10.3 Å². The SMILES string of the molecule is Cc1nc(-c2ccc(CCNC(=O)c3ccc(C#N)cc3)cc2)cs1. The highest BCUT2D eigenvalue weighted by Gasteiger charge is 2.05. The first-order chi connectivity index (χ1) is 12.2. The molecule has 1 amide bonds. The summed E-state index contributed by atoms with van der Waals surface area (Å²) in [6, 6.07) is 16.9. The molecule has 0 unspecified atom stereocenters. The van der Waals surface area contributed by atoms with Crippen LogP contribution in [0.1, 0.15) is 26.5 Å². The summed E-state index contributed by atoms with van der Waals surface area (Å²) >= 11 is 1.64. The topological polar surface area (TPSA) is 65.8 Å². The van der Waals surface area contributed by atoms with Gasteiger partial charge in [-0.2, -0.15) is 5.26 Å². The van der Waals surface area contributed by atoms with Crippen LogP contribution in [0.15, 0.2) is 53.9 Å². The molecular formula is C20H17N3OS. The van der Waals surface area contributed by atoms with Crippen LogP contribution >= 0.6 is 11.3 Å². The van der Waals surface area contributed by atoms with Crippen molar-refractivity contribution < 1.29 is 4.79 Å². The molecule has 0 fully saturated rings. The predicted octanol–water partition coefficient (Wildman–Crippen LogP) is 3.96. The number of carbonyl (C=O) groups excluding carboxylic acids is 1.